The molecule has 0 aliphatic heterocycles. The molecular formula is C17H19BrClNO. The molecule has 0 radical (unpaired) electrons. The Balaban J connectivity index is 2.01. The Kier molecular flexibility index (Phi) is 6.09. The zero-order chi connectivity index (χ0) is 15.2. The summed E-state index contributed by atoms with van der Waals surface area (Å²) in [5.41, 5.74) is 8.24. The third-order valence-electron chi connectivity index (χ3n) is 3.30. The standard InChI is InChI=1S/C17H19BrClNO/c1-2-15(20)9-12-6-7-17(16(18)10-12)21-11-13-4-3-5-14(19)8-13/h3-8,10,15H,2,9,11,20H2,1H3. The Morgan fingerprint density at radius 3 is 2.67 bits per heavy atom. The molecule has 2 aromatic rings. The lowest BCUT2D eigenvalue weighted by molar-refractivity contribution is 0.304. The minimum absolute atomic E-state index is 0.204. The first-order valence-corrected chi connectivity index (χ1v) is 8.17. The van der Waals surface area contributed by atoms with Gasteiger partial charge in [0, 0.05) is 11.1 Å². The lowest BCUT2D eigenvalue weighted by atomic mass is 10.0. The fraction of sp³-hybridized carbons (Fsp3) is 0.294. The van der Waals surface area contributed by atoms with Gasteiger partial charge in [-0.2, -0.15) is 0 Å². The van der Waals surface area contributed by atoms with Crippen molar-refractivity contribution in [1.29, 1.82) is 0 Å². The summed E-state index contributed by atoms with van der Waals surface area (Å²) < 4.78 is 6.78. The van der Waals surface area contributed by atoms with Crippen LogP contribution in [0.25, 0.3) is 0 Å². The van der Waals surface area contributed by atoms with E-state index < -0.39 is 0 Å². The third-order valence-corrected chi connectivity index (χ3v) is 4.16. The highest BCUT2D eigenvalue weighted by Crippen LogP contribution is 2.27. The summed E-state index contributed by atoms with van der Waals surface area (Å²) in [6, 6.07) is 14.0. The van der Waals surface area contributed by atoms with E-state index in [1.165, 1.54) is 5.56 Å². The number of hydrogen-bond donors (Lipinski definition) is 1. The zero-order valence-corrected chi connectivity index (χ0v) is 14.3. The molecule has 2 aromatic carbocycles. The monoisotopic (exact) mass is 367 g/mol. The molecule has 1 unspecified atom stereocenters. The first-order chi connectivity index (χ1) is 10.1. The molecule has 0 saturated carbocycles. The van der Waals surface area contributed by atoms with Gasteiger partial charge in [-0.05, 0) is 64.2 Å². The van der Waals surface area contributed by atoms with Gasteiger partial charge in [0.2, 0.25) is 0 Å². The van der Waals surface area contributed by atoms with Crippen LogP contribution < -0.4 is 10.5 Å². The maximum atomic E-state index is 5.98. The molecule has 2 N–H and O–H groups in total. The molecule has 0 heterocycles. The fourth-order valence-corrected chi connectivity index (χ4v) is 2.78. The molecule has 21 heavy (non-hydrogen) atoms. The first kappa shape index (κ1) is 16.3. The molecule has 1 atom stereocenters. The van der Waals surface area contributed by atoms with E-state index in [1.807, 2.05) is 30.3 Å². The van der Waals surface area contributed by atoms with E-state index in [-0.39, 0.29) is 6.04 Å². The topological polar surface area (TPSA) is 35.2 Å². The van der Waals surface area contributed by atoms with Gasteiger partial charge in [-0.1, -0.05) is 36.7 Å². The molecule has 0 aliphatic carbocycles. The molecule has 0 amide bonds. The molecule has 2 rings (SSSR count). The first-order valence-electron chi connectivity index (χ1n) is 6.99. The van der Waals surface area contributed by atoms with Crippen LogP contribution >= 0.6 is 27.5 Å². The predicted molar refractivity (Wildman–Crippen MR) is 91.9 cm³/mol. The molecule has 4 heteroatoms. The third kappa shape index (κ3) is 5.03. The highest BCUT2D eigenvalue weighted by Gasteiger charge is 2.06. The van der Waals surface area contributed by atoms with Crippen LogP contribution in [-0.2, 0) is 13.0 Å². The van der Waals surface area contributed by atoms with Gasteiger partial charge >= 0.3 is 0 Å². The smallest absolute Gasteiger partial charge is 0.134 e. The molecule has 0 aliphatic rings. The van der Waals surface area contributed by atoms with Gasteiger partial charge in [0.25, 0.3) is 0 Å². The van der Waals surface area contributed by atoms with Crippen molar-refractivity contribution in [1.82, 2.24) is 0 Å². The van der Waals surface area contributed by atoms with E-state index in [0.717, 1.165) is 33.6 Å². The van der Waals surface area contributed by atoms with E-state index in [4.69, 9.17) is 22.1 Å². The fourth-order valence-electron chi connectivity index (χ4n) is 2.02. The minimum Gasteiger partial charge on any atom is -0.488 e. The molecule has 0 saturated heterocycles. The molecule has 2 nitrogen and oxygen atoms in total. The number of rotatable bonds is 6. The van der Waals surface area contributed by atoms with Gasteiger partial charge in [0.15, 0.2) is 0 Å². The van der Waals surface area contributed by atoms with Crippen molar-refractivity contribution in [2.75, 3.05) is 0 Å². The maximum Gasteiger partial charge on any atom is 0.134 e. The summed E-state index contributed by atoms with van der Waals surface area (Å²) in [5, 5.41) is 0.721. The van der Waals surface area contributed by atoms with E-state index in [9.17, 15) is 0 Å². The van der Waals surface area contributed by atoms with Crippen molar-refractivity contribution in [2.45, 2.75) is 32.4 Å². The summed E-state index contributed by atoms with van der Waals surface area (Å²) >= 11 is 9.52. The predicted octanol–water partition coefficient (Wildman–Crippen LogP) is 4.96. The Morgan fingerprint density at radius 2 is 2.00 bits per heavy atom. The Hall–Kier alpha value is -1.03. The molecule has 0 spiro atoms. The second-order valence-corrected chi connectivity index (χ2v) is 6.35. The second-order valence-electron chi connectivity index (χ2n) is 5.06. The number of ether oxygens (including phenoxy) is 1. The lowest BCUT2D eigenvalue weighted by Gasteiger charge is -2.12. The minimum atomic E-state index is 0.204. The summed E-state index contributed by atoms with van der Waals surface area (Å²) in [6.45, 7) is 2.59. The lowest BCUT2D eigenvalue weighted by Crippen LogP contribution is -2.21. The molecular weight excluding hydrogens is 350 g/mol. The average Bonchev–Trinajstić information content (AvgIpc) is 2.46. The highest BCUT2D eigenvalue weighted by molar-refractivity contribution is 9.10. The molecule has 112 valence electrons. The number of nitrogens with two attached hydrogens (primary N) is 1. The van der Waals surface area contributed by atoms with Crippen LogP contribution in [0.1, 0.15) is 24.5 Å². The van der Waals surface area contributed by atoms with Gasteiger partial charge in [0.1, 0.15) is 12.4 Å². The quantitative estimate of drug-likeness (QED) is 0.782. The van der Waals surface area contributed by atoms with Gasteiger partial charge in [0.05, 0.1) is 4.47 Å². The van der Waals surface area contributed by atoms with Crippen LogP contribution in [-0.4, -0.2) is 6.04 Å². The highest BCUT2D eigenvalue weighted by atomic mass is 79.9. The van der Waals surface area contributed by atoms with Crippen molar-refractivity contribution >= 4 is 27.5 Å². The number of halogens is 2. The van der Waals surface area contributed by atoms with E-state index in [1.54, 1.807) is 0 Å². The van der Waals surface area contributed by atoms with Gasteiger partial charge in [-0.3, -0.25) is 0 Å². The summed E-state index contributed by atoms with van der Waals surface area (Å²) in [5.74, 6) is 0.823. The van der Waals surface area contributed by atoms with Crippen molar-refractivity contribution < 1.29 is 4.74 Å². The Bertz CT molecular complexity index is 603. The van der Waals surface area contributed by atoms with Gasteiger partial charge in [-0.25, -0.2) is 0 Å². The summed E-state index contributed by atoms with van der Waals surface area (Å²) in [7, 11) is 0. The van der Waals surface area contributed by atoms with E-state index >= 15 is 0 Å². The SMILES string of the molecule is CCC(N)Cc1ccc(OCc2cccc(Cl)c2)c(Br)c1. The van der Waals surface area contributed by atoms with Crippen molar-refractivity contribution in [3.8, 4) is 5.75 Å². The van der Waals surface area contributed by atoms with Crippen molar-refractivity contribution in [3.63, 3.8) is 0 Å². The summed E-state index contributed by atoms with van der Waals surface area (Å²) in [4.78, 5) is 0. The van der Waals surface area contributed by atoms with Crippen LogP contribution in [0.15, 0.2) is 46.9 Å². The Morgan fingerprint density at radius 1 is 1.19 bits per heavy atom. The van der Waals surface area contributed by atoms with Crippen LogP contribution in [0.2, 0.25) is 5.02 Å². The second kappa shape index (κ2) is 7.83. The maximum absolute atomic E-state index is 5.98. The normalized spacial score (nSPS) is 12.2. The number of benzene rings is 2. The zero-order valence-electron chi connectivity index (χ0n) is 12.0. The average molecular weight is 369 g/mol. The number of hydrogen-bond acceptors (Lipinski definition) is 2. The van der Waals surface area contributed by atoms with Gasteiger partial charge in [-0.15, -0.1) is 0 Å². The Labute approximate surface area is 139 Å². The van der Waals surface area contributed by atoms with Crippen LogP contribution in [0.3, 0.4) is 0 Å². The van der Waals surface area contributed by atoms with Crippen molar-refractivity contribution in [2.24, 2.45) is 5.73 Å². The molecule has 0 fully saturated rings. The summed E-state index contributed by atoms with van der Waals surface area (Å²) in [6.07, 6.45) is 1.86. The molecule has 0 aromatic heterocycles. The van der Waals surface area contributed by atoms with Gasteiger partial charge < -0.3 is 10.5 Å². The van der Waals surface area contributed by atoms with Crippen molar-refractivity contribution in [3.05, 3.63) is 63.1 Å². The largest absolute Gasteiger partial charge is 0.488 e. The molecule has 0 bridgehead atoms. The van der Waals surface area contributed by atoms with E-state index in [0.29, 0.717) is 6.61 Å². The van der Waals surface area contributed by atoms with Crippen LogP contribution in [0.4, 0.5) is 0 Å². The van der Waals surface area contributed by atoms with E-state index in [2.05, 4.69) is 35.0 Å². The van der Waals surface area contributed by atoms with Crippen LogP contribution in [0.5, 0.6) is 5.75 Å². The van der Waals surface area contributed by atoms with Crippen LogP contribution in [0, 0.1) is 0 Å².